The summed E-state index contributed by atoms with van der Waals surface area (Å²) in [4.78, 5) is 34.3. The van der Waals surface area contributed by atoms with Gasteiger partial charge in [0.15, 0.2) is 0 Å². The molecule has 1 aliphatic heterocycles. The van der Waals surface area contributed by atoms with Crippen molar-refractivity contribution in [1.29, 1.82) is 0 Å². The molecule has 1 fully saturated rings. The maximum absolute atomic E-state index is 12.4. The Morgan fingerprint density at radius 3 is 2.45 bits per heavy atom. The lowest BCUT2D eigenvalue weighted by Gasteiger charge is -2.36. The third kappa shape index (κ3) is 4.17. The van der Waals surface area contributed by atoms with Gasteiger partial charge in [-0.3, -0.25) is 9.59 Å². The van der Waals surface area contributed by atoms with Crippen molar-refractivity contribution in [2.24, 2.45) is 11.1 Å². The Morgan fingerprint density at radius 2 is 2.00 bits per heavy atom. The molecule has 8 heteroatoms. The third-order valence-corrected chi connectivity index (χ3v) is 3.47. The number of hydrogen-bond donors (Lipinski definition) is 4. The lowest BCUT2D eigenvalue weighted by Crippen LogP contribution is -2.54. The first-order valence-electron chi connectivity index (χ1n) is 6.43. The van der Waals surface area contributed by atoms with Gasteiger partial charge in [0.2, 0.25) is 11.8 Å². The van der Waals surface area contributed by atoms with E-state index in [0.29, 0.717) is 25.9 Å². The minimum atomic E-state index is -1.30. The molecule has 1 heterocycles. The van der Waals surface area contributed by atoms with E-state index in [0.717, 1.165) is 0 Å². The fourth-order valence-corrected chi connectivity index (χ4v) is 2.33. The molecule has 1 rings (SSSR count). The normalized spacial score (nSPS) is 19.1. The van der Waals surface area contributed by atoms with Crippen molar-refractivity contribution in [3.63, 3.8) is 0 Å². The monoisotopic (exact) mass is 287 g/mol. The number of nitrogens with one attached hydrogen (secondary N) is 2. The average Bonchev–Trinajstić information content (AvgIpc) is 2.38. The Balaban J connectivity index is 2.78. The molecular weight excluding hydrogens is 266 g/mol. The van der Waals surface area contributed by atoms with E-state index in [4.69, 9.17) is 15.6 Å². The minimum absolute atomic E-state index is 0.212. The van der Waals surface area contributed by atoms with Gasteiger partial charge in [0, 0.05) is 7.11 Å². The molecule has 5 N–H and O–H groups in total. The van der Waals surface area contributed by atoms with Crippen LogP contribution in [0.3, 0.4) is 0 Å². The van der Waals surface area contributed by atoms with Crippen LogP contribution in [0.1, 0.15) is 19.3 Å². The maximum Gasteiger partial charge on any atom is 0.326 e. The molecule has 1 atom stereocenters. The number of carbonyl (C=O) groups is 3. The molecule has 0 aromatic rings. The van der Waals surface area contributed by atoms with Crippen molar-refractivity contribution in [2.45, 2.75) is 25.3 Å². The molecule has 0 radical (unpaired) electrons. The highest BCUT2D eigenvalue weighted by atomic mass is 16.5. The number of aliphatic carboxylic acids is 1. The van der Waals surface area contributed by atoms with Crippen LogP contribution in [0.4, 0.5) is 0 Å². The molecule has 20 heavy (non-hydrogen) atoms. The summed E-state index contributed by atoms with van der Waals surface area (Å²) >= 11 is 0. The highest BCUT2D eigenvalue weighted by Crippen LogP contribution is 2.29. The Hall–Kier alpha value is -1.67. The van der Waals surface area contributed by atoms with E-state index in [2.05, 4.69) is 10.6 Å². The van der Waals surface area contributed by atoms with Gasteiger partial charge in [0.1, 0.15) is 6.04 Å². The zero-order chi connectivity index (χ0) is 15.2. The quantitative estimate of drug-likeness (QED) is 0.448. The maximum atomic E-state index is 12.4. The summed E-state index contributed by atoms with van der Waals surface area (Å²) in [7, 11) is 1.50. The van der Waals surface area contributed by atoms with Gasteiger partial charge < -0.3 is 26.2 Å². The van der Waals surface area contributed by atoms with Crippen LogP contribution in [0.15, 0.2) is 0 Å². The highest BCUT2D eigenvalue weighted by molar-refractivity contribution is 5.90. The Morgan fingerprint density at radius 1 is 1.40 bits per heavy atom. The fraction of sp³-hybridized carbons (Fsp3) is 0.750. The number of nitrogens with two attached hydrogens (primary N) is 1. The van der Waals surface area contributed by atoms with Gasteiger partial charge in [-0.15, -0.1) is 0 Å². The molecule has 114 valence electrons. The predicted molar refractivity (Wildman–Crippen MR) is 69.8 cm³/mol. The topological polar surface area (TPSA) is 131 Å². The molecule has 1 unspecified atom stereocenters. The summed E-state index contributed by atoms with van der Waals surface area (Å²) in [6.07, 6.45) is 0.674. The molecule has 0 aromatic heterocycles. The van der Waals surface area contributed by atoms with E-state index >= 15 is 0 Å². The van der Waals surface area contributed by atoms with E-state index in [1.54, 1.807) is 0 Å². The molecule has 0 aromatic carbocycles. The van der Waals surface area contributed by atoms with Gasteiger partial charge >= 0.3 is 5.97 Å². The number of primary amides is 1. The van der Waals surface area contributed by atoms with Gasteiger partial charge in [0.25, 0.3) is 0 Å². The summed E-state index contributed by atoms with van der Waals surface area (Å²) < 4.78 is 5.10. The first-order valence-corrected chi connectivity index (χ1v) is 6.43. The van der Waals surface area contributed by atoms with Crippen molar-refractivity contribution < 1.29 is 24.2 Å². The molecule has 0 spiro atoms. The number of hydrogen-bond acceptors (Lipinski definition) is 5. The van der Waals surface area contributed by atoms with Gasteiger partial charge in [-0.05, 0) is 25.9 Å². The largest absolute Gasteiger partial charge is 0.480 e. The highest BCUT2D eigenvalue weighted by Gasteiger charge is 2.41. The van der Waals surface area contributed by atoms with Crippen LogP contribution in [0.5, 0.6) is 0 Å². The summed E-state index contributed by atoms with van der Waals surface area (Å²) in [5.74, 6) is -2.46. The summed E-state index contributed by atoms with van der Waals surface area (Å²) in [6, 6.07) is -1.30. The number of amides is 2. The number of carbonyl (C=O) groups excluding carboxylic acids is 2. The number of piperidine rings is 1. The van der Waals surface area contributed by atoms with Gasteiger partial charge in [-0.25, -0.2) is 4.79 Å². The molecule has 0 aliphatic carbocycles. The molecule has 1 saturated heterocycles. The molecular formula is C12H21N3O5. The van der Waals surface area contributed by atoms with Crippen LogP contribution in [-0.4, -0.2) is 55.7 Å². The van der Waals surface area contributed by atoms with Gasteiger partial charge in [-0.2, -0.15) is 0 Å². The van der Waals surface area contributed by atoms with E-state index < -0.39 is 35.7 Å². The van der Waals surface area contributed by atoms with E-state index in [1.807, 2.05) is 0 Å². The third-order valence-electron chi connectivity index (χ3n) is 3.47. The van der Waals surface area contributed by atoms with Gasteiger partial charge in [0.05, 0.1) is 18.4 Å². The number of carboxylic acid groups (broad SMARTS) is 1. The van der Waals surface area contributed by atoms with Crippen LogP contribution >= 0.6 is 0 Å². The average molecular weight is 287 g/mol. The van der Waals surface area contributed by atoms with Crippen molar-refractivity contribution in [3.05, 3.63) is 0 Å². The van der Waals surface area contributed by atoms with Crippen molar-refractivity contribution >= 4 is 17.8 Å². The number of rotatable bonds is 7. The second-order valence-electron chi connectivity index (χ2n) is 5.00. The second-order valence-corrected chi connectivity index (χ2v) is 5.00. The zero-order valence-corrected chi connectivity index (χ0v) is 11.5. The lowest BCUT2D eigenvalue weighted by molar-refractivity contribution is -0.147. The van der Waals surface area contributed by atoms with E-state index in [-0.39, 0.29) is 6.61 Å². The predicted octanol–water partition coefficient (Wildman–Crippen LogP) is -1.55. The van der Waals surface area contributed by atoms with Crippen molar-refractivity contribution in [2.75, 3.05) is 26.8 Å². The number of ether oxygens (including phenoxy) is 1. The SMILES string of the molecule is COCC1(C(=O)NC(CC(N)=O)C(=O)O)CCNCC1. The Labute approximate surface area is 117 Å². The standard InChI is InChI=1S/C12H21N3O5/c1-20-7-12(2-4-14-5-3-12)11(19)15-8(10(17)18)6-9(13)16/h8,14H,2-7H2,1H3,(H2,13,16)(H,15,19)(H,17,18). The zero-order valence-electron chi connectivity index (χ0n) is 11.5. The molecule has 8 nitrogen and oxygen atoms in total. The van der Waals surface area contributed by atoms with Crippen LogP contribution in [0, 0.1) is 5.41 Å². The number of carboxylic acids is 1. The first-order chi connectivity index (χ1) is 9.41. The summed E-state index contributed by atoms with van der Waals surface area (Å²) in [6.45, 7) is 1.53. The molecule has 1 aliphatic rings. The van der Waals surface area contributed by atoms with Crippen molar-refractivity contribution in [3.8, 4) is 0 Å². The molecule has 0 bridgehead atoms. The van der Waals surface area contributed by atoms with Crippen LogP contribution in [0.2, 0.25) is 0 Å². The lowest BCUT2D eigenvalue weighted by atomic mass is 9.78. The van der Waals surface area contributed by atoms with Crippen LogP contribution in [-0.2, 0) is 19.1 Å². The first kappa shape index (κ1) is 16.4. The minimum Gasteiger partial charge on any atom is -0.480 e. The van der Waals surface area contributed by atoms with Crippen LogP contribution < -0.4 is 16.4 Å². The second kappa shape index (κ2) is 7.20. The van der Waals surface area contributed by atoms with E-state index in [1.165, 1.54) is 7.11 Å². The van der Waals surface area contributed by atoms with E-state index in [9.17, 15) is 14.4 Å². The Kier molecular flexibility index (Phi) is 5.90. The van der Waals surface area contributed by atoms with Gasteiger partial charge in [-0.1, -0.05) is 0 Å². The smallest absolute Gasteiger partial charge is 0.326 e. The summed E-state index contributed by atoms with van der Waals surface area (Å²) in [5.41, 5.74) is 4.23. The number of methoxy groups -OCH3 is 1. The fourth-order valence-electron chi connectivity index (χ4n) is 2.33. The molecule has 0 saturated carbocycles. The van der Waals surface area contributed by atoms with Crippen molar-refractivity contribution in [1.82, 2.24) is 10.6 Å². The Bertz CT molecular complexity index is 374. The summed E-state index contributed by atoms with van der Waals surface area (Å²) in [5, 5.41) is 14.5. The molecule has 2 amide bonds. The van der Waals surface area contributed by atoms with Crippen LogP contribution in [0.25, 0.3) is 0 Å².